The van der Waals surface area contributed by atoms with Crippen molar-refractivity contribution in [1.29, 1.82) is 0 Å². The lowest BCUT2D eigenvalue weighted by Crippen LogP contribution is -2.22. The predicted molar refractivity (Wildman–Crippen MR) is 79.0 cm³/mol. The highest BCUT2D eigenvalue weighted by Crippen LogP contribution is 2.21. The summed E-state index contributed by atoms with van der Waals surface area (Å²) >= 11 is 0. The number of rotatable bonds is 6. The van der Waals surface area contributed by atoms with Crippen LogP contribution in [-0.4, -0.2) is 40.0 Å². The second kappa shape index (κ2) is 6.31. The van der Waals surface area contributed by atoms with Gasteiger partial charge in [0, 0.05) is 20.2 Å². The molecule has 0 aliphatic rings. The average Bonchev–Trinajstić information content (AvgIpc) is 2.86. The fourth-order valence-corrected chi connectivity index (χ4v) is 2.34. The zero-order valence-electron chi connectivity index (χ0n) is 12.4. The third kappa shape index (κ3) is 4.61. The van der Waals surface area contributed by atoms with E-state index in [9.17, 15) is 4.39 Å². The first kappa shape index (κ1) is 15.6. The van der Waals surface area contributed by atoms with Crippen LogP contribution in [-0.2, 0) is 11.5 Å². The molecule has 2 rings (SSSR count). The van der Waals surface area contributed by atoms with Crippen LogP contribution in [0, 0.1) is 5.82 Å². The molecule has 0 radical (unpaired) electrons. The summed E-state index contributed by atoms with van der Waals surface area (Å²) in [4.78, 5) is 1.32. The summed E-state index contributed by atoms with van der Waals surface area (Å²) in [5.74, 6) is -0.821. The van der Waals surface area contributed by atoms with Crippen molar-refractivity contribution in [3.63, 3.8) is 0 Å². The van der Waals surface area contributed by atoms with Gasteiger partial charge in [0.05, 0.1) is 0 Å². The Bertz CT molecular complexity index is 612. The summed E-state index contributed by atoms with van der Waals surface area (Å²) in [5.41, 5.74) is 0.457. The van der Waals surface area contributed by atoms with E-state index < -0.39 is 19.6 Å². The highest BCUT2D eigenvalue weighted by molar-refractivity contribution is 6.76. The number of nitrogens with zero attached hydrogens (tertiary/aromatic N) is 4. The topological polar surface area (TPSA) is 73.1 Å². The molecule has 2 aromatic rings. The van der Waals surface area contributed by atoms with E-state index in [2.05, 4.69) is 35.1 Å². The molecular weight excluding hydrogens is 291 g/mol. The van der Waals surface area contributed by atoms with E-state index >= 15 is 0 Å². The highest BCUT2D eigenvalue weighted by Gasteiger charge is 2.13. The average molecular weight is 310 g/mol. The van der Waals surface area contributed by atoms with Crippen LogP contribution in [0.3, 0.4) is 0 Å². The van der Waals surface area contributed by atoms with E-state index in [1.165, 1.54) is 23.0 Å². The van der Waals surface area contributed by atoms with Crippen molar-refractivity contribution in [3.8, 4) is 17.1 Å². The van der Waals surface area contributed by atoms with Crippen molar-refractivity contribution in [1.82, 2.24) is 20.2 Å². The van der Waals surface area contributed by atoms with Gasteiger partial charge in [-0.3, -0.25) is 0 Å². The molecule has 1 aromatic heterocycles. The van der Waals surface area contributed by atoms with Gasteiger partial charge in [0.25, 0.3) is 0 Å². The molecule has 0 aliphatic heterocycles. The van der Waals surface area contributed by atoms with Gasteiger partial charge < -0.3 is 9.84 Å². The number of hydrogen-bond acceptors (Lipinski definition) is 5. The minimum Gasteiger partial charge on any atom is -0.505 e. The standard InChI is InChI=1S/C13H19FN4O2Si/c1-21(2,3)7-6-20-9-18-16-13(15-17-18)10-4-5-12(19)11(14)8-10/h4-5,8,19H,6-7,9H2,1-3H3. The summed E-state index contributed by atoms with van der Waals surface area (Å²) in [6, 6.07) is 5.03. The molecule has 114 valence electrons. The first-order valence-corrected chi connectivity index (χ1v) is 10.4. The van der Waals surface area contributed by atoms with E-state index in [-0.39, 0.29) is 6.73 Å². The van der Waals surface area contributed by atoms with Crippen LogP contribution in [0.15, 0.2) is 18.2 Å². The monoisotopic (exact) mass is 310 g/mol. The number of ether oxygens (including phenoxy) is 1. The molecule has 6 nitrogen and oxygen atoms in total. The molecule has 0 atom stereocenters. The van der Waals surface area contributed by atoms with Crippen LogP contribution in [0.5, 0.6) is 5.75 Å². The number of phenols is 1. The van der Waals surface area contributed by atoms with Crippen LogP contribution < -0.4 is 0 Å². The Labute approximate surface area is 123 Å². The Morgan fingerprint density at radius 1 is 1.33 bits per heavy atom. The lowest BCUT2D eigenvalue weighted by Gasteiger charge is -2.14. The highest BCUT2D eigenvalue weighted by atomic mass is 28.3. The summed E-state index contributed by atoms with van der Waals surface area (Å²) < 4.78 is 18.8. The Balaban J connectivity index is 1.93. The Morgan fingerprint density at radius 2 is 2.10 bits per heavy atom. The molecule has 0 spiro atoms. The van der Waals surface area contributed by atoms with E-state index in [1.807, 2.05) is 0 Å². The van der Waals surface area contributed by atoms with E-state index in [1.54, 1.807) is 0 Å². The van der Waals surface area contributed by atoms with Gasteiger partial charge in [-0.05, 0) is 29.5 Å². The van der Waals surface area contributed by atoms with Gasteiger partial charge in [0.2, 0.25) is 5.82 Å². The van der Waals surface area contributed by atoms with Crippen LogP contribution in [0.4, 0.5) is 4.39 Å². The van der Waals surface area contributed by atoms with Crippen molar-refractivity contribution in [2.24, 2.45) is 0 Å². The minimum absolute atomic E-state index is 0.220. The lowest BCUT2D eigenvalue weighted by atomic mass is 10.2. The van der Waals surface area contributed by atoms with E-state index in [0.717, 1.165) is 6.04 Å². The van der Waals surface area contributed by atoms with Crippen molar-refractivity contribution < 1.29 is 14.2 Å². The number of aromatic nitrogens is 4. The van der Waals surface area contributed by atoms with Crippen molar-refractivity contribution in [3.05, 3.63) is 24.0 Å². The maximum Gasteiger partial charge on any atom is 0.205 e. The number of hydrogen-bond donors (Lipinski definition) is 1. The Morgan fingerprint density at radius 3 is 2.76 bits per heavy atom. The SMILES string of the molecule is C[Si](C)(C)CCOCn1nnc(-c2ccc(O)c(F)c2)n1. The summed E-state index contributed by atoms with van der Waals surface area (Å²) in [6.07, 6.45) is 0. The lowest BCUT2D eigenvalue weighted by molar-refractivity contribution is 0.0674. The summed E-state index contributed by atoms with van der Waals surface area (Å²) in [5, 5.41) is 21.0. The van der Waals surface area contributed by atoms with E-state index in [4.69, 9.17) is 9.84 Å². The smallest absolute Gasteiger partial charge is 0.205 e. The largest absolute Gasteiger partial charge is 0.505 e. The molecule has 0 saturated heterocycles. The number of aromatic hydroxyl groups is 1. The Hall–Kier alpha value is -1.80. The molecule has 1 N–H and O–H groups in total. The number of tetrazole rings is 1. The van der Waals surface area contributed by atoms with Gasteiger partial charge in [-0.1, -0.05) is 19.6 Å². The molecule has 21 heavy (non-hydrogen) atoms. The van der Waals surface area contributed by atoms with Crippen LogP contribution in [0.2, 0.25) is 25.7 Å². The molecule has 8 heteroatoms. The number of halogens is 1. The van der Waals surface area contributed by atoms with Gasteiger partial charge in [-0.15, -0.1) is 15.0 Å². The quantitative estimate of drug-likeness (QED) is 0.655. The summed E-state index contributed by atoms with van der Waals surface area (Å²) in [6.45, 7) is 7.73. The maximum atomic E-state index is 13.3. The van der Waals surface area contributed by atoms with Crippen LogP contribution in [0.25, 0.3) is 11.4 Å². The molecule has 1 heterocycles. The molecule has 0 unspecified atom stereocenters. The first-order valence-electron chi connectivity index (χ1n) is 6.69. The zero-order valence-corrected chi connectivity index (χ0v) is 13.4. The predicted octanol–water partition coefficient (Wildman–Crippen LogP) is 2.50. The van der Waals surface area contributed by atoms with Gasteiger partial charge in [0.1, 0.15) is 0 Å². The van der Waals surface area contributed by atoms with Gasteiger partial charge in [-0.2, -0.15) is 0 Å². The van der Waals surface area contributed by atoms with Gasteiger partial charge >= 0.3 is 0 Å². The molecule has 0 amide bonds. The van der Waals surface area contributed by atoms with Gasteiger partial charge in [-0.25, -0.2) is 4.39 Å². The molecule has 0 fully saturated rings. The van der Waals surface area contributed by atoms with Crippen molar-refractivity contribution in [2.75, 3.05) is 6.61 Å². The third-order valence-electron chi connectivity index (χ3n) is 2.86. The van der Waals surface area contributed by atoms with Crippen molar-refractivity contribution >= 4 is 8.07 Å². The zero-order chi connectivity index (χ0) is 15.5. The van der Waals surface area contributed by atoms with Gasteiger partial charge in [0.15, 0.2) is 18.3 Å². The molecule has 1 aromatic carbocycles. The number of phenolic OH excluding ortho intramolecular Hbond substituents is 1. The molecule has 0 saturated carbocycles. The number of benzene rings is 1. The summed E-state index contributed by atoms with van der Waals surface area (Å²) in [7, 11) is -1.11. The minimum atomic E-state index is -1.11. The normalized spacial score (nSPS) is 11.8. The third-order valence-corrected chi connectivity index (χ3v) is 4.57. The van der Waals surface area contributed by atoms with E-state index in [0.29, 0.717) is 18.0 Å². The molecule has 0 aliphatic carbocycles. The molecule has 0 bridgehead atoms. The van der Waals surface area contributed by atoms with Crippen molar-refractivity contribution in [2.45, 2.75) is 32.4 Å². The fourth-order valence-electron chi connectivity index (χ4n) is 1.58. The fraction of sp³-hybridized carbons (Fsp3) is 0.462. The van der Waals surface area contributed by atoms with Crippen LogP contribution in [0.1, 0.15) is 0 Å². The van der Waals surface area contributed by atoms with Crippen LogP contribution >= 0.6 is 0 Å². The second-order valence-corrected chi connectivity index (χ2v) is 11.6. The Kier molecular flexibility index (Phi) is 4.68. The second-order valence-electron chi connectivity index (χ2n) is 6.00. The first-order chi connectivity index (χ1) is 9.85. The maximum absolute atomic E-state index is 13.3. The molecular formula is C13H19FN4O2Si.